The summed E-state index contributed by atoms with van der Waals surface area (Å²) in [6.45, 7) is 8.31. The van der Waals surface area contributed by atoms with Gasteiger partial charge in [-0.2, -0.15) is 4.31 Å². The number of hydrogen-bond acceptors (Lipinski definition) is 5. The molecule has 2 amide bonds. The average molecular weight is 473 g/mol. The summed E-state index contributed by atoms with van der Waals surface area (Å²) in [5, 5.41) is 5.70. The molecule has 0 atom stereocenters. The van der Waals surface area contributed by atoms with Crippen molar-refractivity contribution < 1.29 is 18.0 Å². The van der Waals surface area contributed by atoms with Crippen molar-refractivity contribution in [1.82, 2.24) is 14.5 Å². The summed E-state index contributed by atoms with van der Waals surface area (Å²) in [6.07, 6.45) is 0. The molecule has 0 radical (unpaired) electrons. The van der Waals surface area contributed by atoms with Gasteiger partial charge in [0.15, 0.2) is 0 Å². The molecule has 0 saturated carbocycles. The first-order valence-corrected chi connectivity index (χ1v) is 12.8. The molecule has 1 aliphatic rings. The van der Waals surface area contributed by atoms with E-state index in [2.05, 4.69) is 15.5 Å². The van der Waals surface area contributed by atoms with Crippen LogP contribution in [0.15, 0.2) is 48.5 Å². The average Bonchev–Trinajstić information content (AvgIpc) is 2.79. The number of nitrogens with zero attached hydrogens (tertiary/aromatic N) is 2. The second kappa shape index (κ2) is 10.9. The zero-order valence-electron chi connectivity index (χ0n) is 19.4. The van der Waals surface area contributed by atoms with Crippen LogP contribution in [0.25, 0.3) is 0 Å². The number of benzene rings is 2. The van der Waals surface area contributed by atoms with Gasteiger partial charge in [0.25, 0.3) is 11.8 Å². The Morgan fingerprint density at radius 2 is 1.67 bits per heavy atom. The Labute approximate surface area is 196 Å². The second-order valence-electron chi connectivity index (χ2n) is 8.40. The number of carbonyl (C=O) groups excluding carboxylic acids is 2. The number of anilines is 1. The van der Waals surface area contributed by atoms with Crippen molar-refractivity contribution in [3.05, 3.63) is 65.2 Å². The topological polar surface area (TPSA) is 98.8 Å². The summed E-state index contributed by atoms with van der Waals surface area (Å²) in [6, 6.07) is 14.3. The summed E-state index contributed by atoms with van der Waals surface area (Å²) in [5.41, 5.74) is 2.34. The Morgan fingerprint density at radius 3 is 2.33 bits per heavy atom. The van der Waals surface area contributed by atoms with Gasteiger partial charge in [-0.05, 0) is 50.6 Å². The predicted molar refractivity (Wildman–Crippen MR) is 130 cm³/mol. The van der Waals surface area contributed by atoms with Crippen LogP contribution in [0.3, 0.4) is 0 Å². The molecule has 2 aromatic carbocycles. The van der Waals surface area contributed by atoms with Crippen molar-refractivity contribution in [3.8, 4) is 0 Å². The van der Waals surface area contributed by atoms with E-state index in [9.17, 15) is 18.0 Å². The quantitative estimate of drug-likeness (QED) is 0.615. The minimum absolute atomic E-state index is 0.0121. The molecule has 0 spiro atoms. The molecule has 2 aromatic rings. The lowest BCUT2D eigenvalue weighted by atomic mass is 10.1. The maximum atomic E-state index is 12.9. The van der Waals surface area contributed by atoms with Crippen LogP contribution in [0.1, 0.15) is 47.1 Å². The lowest BCUT2D eigenvalue weighted by Crippen LogP contribution is -2.48. The van der Waals surface area contributed by atoms with Crippen molar-refractivity contribution in [1.29, 1.82) is 0 Å². The smallest absolute Gasteiger partial charge is 0.255 e. The minimum Gasteiger partial charge on any atom is -0.350 e. The van der Waals surface area contributed by atoms with Gasteiger partial charge >= 0.3 is 0 Å². The van der Waals surface area contributed by atoms with Crippen LogP contribution < -0.4 is 10.6 Å². The molecule has 178 valence electrons. The fourth-order valence-electron chi connectivity index (χ4n) is 3.74. The monoisotopic (exact) mass is 472 g/mol. The van der Waals surface area contributed by atoms with Crippen molar-refractivity contribution in [2.75, 3.05) is 37.2 Å². The third-order valence-corrected chi connectivity index (χ3v) is 7.41. The van der Waals surface area contributed by atoms with Gasteiger partial charge in [-0.25, -0.2) is 8.42 Å². The van der Waals surface area contributed by atoms with Crippen LogP contribution in [-0.4, -0.2) is 67.4 Å². The third kappa shape index (κ3) is 6.63. The van der Waals surface area contributed by atoms with E-state index in [1.165, 1.54) is 0 Å². The van der Waals surface area contributed by atoms with Gasteiger partial charge < -0.3 is 10.6 Å². The van der Waals surface area contributed by atoms with Crippen LogP contribution >= 0.6 is 0 Å². The molecule has 0 unspecified atom stereocenters. The highest BCUT2D eigenvalue weighted by Crippen LogP contribution is 2.18. The molecule has 1 fully saturated rings. The highest BCUT2D eigenvalue weighted by atomic mass is 32.2. The van der Waals surface area contributed by atoms with E-state index in [1.807, 2.05) is 32.0 Å². The third-order valence-electron chi connectivity index (χ3n) is 5.52. The van der Waals surface area contributed by atoms with Gasteiger partial charge in [0.1, 0.15) is 0 Å². The van der Waals surface area contributed by atoms with Gasteiger partial charge in [-0.1, -0.05) is 24.3 Å². The van der Waals surface area contributed by atoms with E-state index in [1.54, 1.807) is 41.6 Å². The van der Waals surface area contributed by atoms with Crippen LogP contribution in [0.2, 0.25) is 0 Å². The van der Waals surface area contributed by atoms with Crippen molar-refractivity contribution in [2.24, 2.45) is 0 Å². The van der Waals surface area contributed by atoms with Crippen molar-refractivity contribution in [2.45, 2.75) is 33.4 Å². The Hall–Kier alpha value is -2.75. The van der Waals surface area contributed by atoms with Crippen molar-refractivity contribution in [3.63, 3.8) is 0 Å². The number of piperazine rings is 1. The number of amides is 2. The Kier molecular flexibility index (Phi) is 8.23. The molecule has 1 aliphatic heterocycles. The fraction of sp³-hybridized carbons (Fsp3) is 0.417. The molecule has 33 heavy (non-hydrogen) atoms. The standard InChI is InChI=1S/C24H32N4O4S/c1-4-33(31,32)28-14-12-27(13-15-28)17-19-8-7-9-20(16-19)23(29)26-22-11-6-5-10-21(22)24(30)25-18(2)3/h5-11,16,18H,4,12-15,17H2,1-3H3,(H,25,30)(H,26,29). The number of sulfonamides is 1. The molecular weight excluding hydrogens is 440 g/mol. The number of para-hydroxylation sites is 1. The normalized spacial score (nSPS) is 15.4. The van der Waals surface area contributed by atoms with Crippen LogP contribution in [-0.2, 0) is 16.6 Å². The Morgan fingerprint density at radius 1 is 0.970 bits per heavy atom. The number of carbonyl (C=O) groups is 2. The van der Waals surface area contributed by atoms with Gasteiger partial charge in [-0.15, -0.1) is 0 Å². The minimum atomic E-state index is -3.16. The van der Waals surface area contributed by atoms with Gasteiger partial charge in [-0.3, -0.25) is 14.5 Å². The van der Waals surface area contributed by atoms with E-state index in [-0.39, 0.29) is 23.6 Å². The maximum Gasteiger partial charge on any atom is 0.255 e. The summed E-state index contributed by atoms with van der Waals surface area (Å²) in [7, 11) is -3.16. The van der Waals surface area contributed by atoms with Gasteiger partial charge in [0.2, 0.25) is 10.0 Å². The van der Waals surface area contributed by atoms with Gasteiger partial charge in [0, 0.05) is 44.3 Å². The van der Waals surface area contributed by atoms with E-state index >= 15 is 0 Å². The Balaban J connectivity index is 1.65. The van der Waals surface area contributed by atoms with Crippen LogP contribution in [0.5, 0.6) is 0 Å². The predicted octanol–water partition coefficient (Wildman–Crippen LogP) is 2.54. The molecule has 0 bridgehead atoms. The van der Waals surface area contributed by atoms with E-state index in [0.717, 1.165) is 5.56 Å². The maximum absolute atomic E-state index is 12.9. The SMILES string of the molecule is CCS(=O)(=O)N1CCN(Cc2cccc(C(=O)Nc3ccccc3C(=O)NC(C)C)c2)CC1. The van der Waals surface area contributed by atoms with E-state index < -0.39 is 10.0 Å². The lowest BCUT2D eigenvalue weighted by Gasteiger charge is -2.33. The molecule has 1 saturated heterocycles. The summed E-state index contributed by atoms with van der Waals surface area (Å²) < 4.78 is 25.6. The van der Waals surface area contributed by atoms with Crippen LogP contribution in [0.4, 0.5) is 5.69 Å². The summed E-state index contributed by atoms with van der Waals surface area (Å²) in [4.78, 5) is 27.6. The first kappa shape index (κ1) is 24.9. The molecular formula is C24H32N4O4S. The van der Waals surface area contributed by atoms with Crippen molar-refractivity contribution >= 4 is 27.5 Å². The van der Waals surface area contributed by atoms with Crippen LogP contribution in [0, 0.1) is 0 Å². The molecule has 0 aliphatic carbocycles. The summed E-state index contributed by atoms with van der Waals surface area (Å²) in [5.74, 6) is -0.411. The zero-order chi connectivity index (χ0) is 24.0. The first-order chi connectivity index (χ1) is 15.7. The van der Waals surface area contributed by atoms with Gasteiger partial charge in [0.05, 0.1) is 17.0 Å². The molecule has 2 N–H and O–H groups in total. The Bertz CT molecular complexity index is 1090. The van der Waals surface area contributed by atoms with E-state index in [4.69, 9.17) is 0 Å². The molecule has 1 heterocycles. The molecule has 8 nitrogen and oxygen atoms in total. The zero-order valence-corrected chi connectivity index (χ0v) is 20.2. The summed E-state index contributed by atoms with van der Waals surface area (Å²) >= 11 is 0. The first-order valence-electron chi connectivity index (χ1n) is 11.2. The lowest BCUT2D eigenvalue weighted by molar-refractivity contribution is 0.0944. The largest absolute Gasteiger partial charge is 0.350 e. The number of hydrogen-bond donors (Lipinski definition) is 2. The molecule has 9 heteroatoms. The second-order valence-corrected chi connectivity index (χ2v) is 10.7. The highest BCUT2D eigenvalue weighted by Gasteiger charge is 2.25. The van der Waals surface area contributed by atoms with E-state index in [0.29, 0.717) is 49.5 Å². The molecule has 0 aromatic heterocycles. The molecule has 3 rings (SSSR count). The number of nitrogens with one attached hydrogen (secondary N) is 2. The highest BCUT2D eigenvalue weighted by molar-refractivity contribution is 7.89. The number of rotatable bonds is 8. The fourth-order valence-corrected chi connectivity index (χ4v) is 4.83.